The van der Waals surface area contributed by atoms with Crippen molar-refractivity contribution in [3.05, 3.63) is 23.9 Å². The van der Waals surface area contributed by atoms with Crippen LogP contribution < -0.4 is 10.1 Å². The Morgan fingerprint density at radius 2 is 2.28 bits per heavy atom. The number of nitrogens with zero attached hydrogens (tertiary/aromatic N) is 1. The van der Waals surface area contributed by atoms with Crippen LogP contribution in [0, 0.1) is 11.8 Å². The summed E-state index contributed by atoms with van der Waals surface area (Å²) in [6, 6.07) is 3.99. The van der Waals surface area contributed by atoms with Gasteiger partial charge in [0.25, 0.3) is 0 Å². The van der Waals surface area contributed by atoms with Crippen molar-refractivity contribution in [1.29, 1.82) is 0 Å². The molecule has 1 N–H and O–H groups in total. The van der Waals surface area contributed by atoms with Gasteiger partial charge in [-0.3, -0.25) is 0 Å². The van der Waals surface area contributed by atoms with Gasteiger partial charge in [-0.05, 0) is 37.3 Å². The molecule has 0 bridgehead atoms. The zero-order valence-electron chi connectivity index (χ0n) is 10.9. The molecule has 100 valence electrons. The van der Waals surface area contributed by atoms with Gasteiger partial charge in [-0.15, -0.1) is 11.6 Å². The van der Waals surface area contributed by atoms with Crippen molar-refractivity contribution < 1.29 is 4.74 Å². The molecule has 1 aliphatic rings. The fraction of sp³-hybridized carbons (Fsp3) is 0.643. The average Bonchev–Trinajstić information content (AvgIpc) is 2.87. The minimum atomic E-state index is 0.690. The van der Waals surface area contributed by atoms with Gasteiger partial charge in [0, 0.05) is 24.2 Å². The van der Waals surface area contributed by atoms with Gasteiger partial charge >= 0.3 is 0 Å². The van der Waals surface area contributed by atoms with E-state index in [-0.39, 0.29) is 0 Å². The van der Waals surface area contributed by atoms with E-state index in [0.717, 1.165) is 30.5 Å². The second kappa shape index (κ2) is 6.95. The highest BCUT2D eigenvalue weighted by molar-refractivity contribution is 6.18. The van der Waals surface area contributed by atoms with Crippen LogP contribution >= 0.6 is 11.6 Å². The Hall–Kier alpha value is -0.800. The van der Waals surface area contributed by atoms with E-state index in [1.165, 1.54) is 19.3 Å². The van der Waals surface area contributed by atoms with Crippen LogP contribution in [-0.2, 0) is 6.54 Å². The Kier molecular flexibility index (Phi) is 5.26. The fourth-order valence-corrected chi connectivity index (χ4v) is 3.13. The highest BCUT2D eigenvalue weighted by Gasteiger charge is 2.25. The van der Waals surface area contributed by atoms with Crippen molar-refractivity contribution in [3.8, 4) is 5.88 Å². The van der Waals surface area contributed by atoms with Gasteiger partial charge in [0.05, 0.1) is 7.11 Å². The molecule has 0 radical (unpaired) electrons. The van der Waals surface area contributed by atoms with Gasteiger partial charge in [0.2, 0.25) is 5.88 Å². The predicted octanol–water partition coefficient (Wildman–Crippen LogP) is 2.83. The number of methoxy groups -OCH3 is 1. The molecule has 4 heteroatoms. The minimum Gasteiger partial charge on any atom is -0.481 e. The lowest BCUT2D eigenvalue weighted by molar-refractivity contribution is 0.378. The Balaban J connectivity index is 1.81. The molecule has 2 atom stereocenters. The van der Waals surface area contributed by atoms with E-state index in [0.29, 0.717) is 11.8 Å². The Morgan fingerprint density at radius 3 is 3.06 bits per heavy atom. The second-order valence-electron chi connectivity index (χ2n) is 4.91. The number of hydrogen-bond acceptors (Lipinski definition) is 3. The van der Waals surface area contributed by atoms with Crippen LogP contribution in [0.3, 0.4) is 0 Å². The highest BCUT2D eigenvalue weighted by atomic mass is 35.5. The number of pyridine rings is 1. The van der Waals surface area contributed by atoms with Crippen molar-refractivity contribution in [2.45, 2.75) is 25.8 Å². The standard InChI is InChI=1S/C14H21ClN2O/c1-18-14-13(6-3-7-17-14)10-16-9-12-5-2-4-11(12)8-15/h3,6-7,11-12,16H,2,4-5,8-10H2,1H3. The van der Waals surface area contributed by atoms with Crippen LogP contribution in [0.5, 0.6) is 5.88 Å². The molecule has 0 amide bonds. The summed E-state index contributed by atoms with van der Waals surface area (Å²) in [6.07, 6.45) is 5.66. The maximum absolute atomic E-state index is 5.99. The third kappa shape index (κ3) is 3.36. The van der Waals surface area contributed by atoms with Crippen molar-refractivity contribution in [2.24, 2.45) is 11.8 Å². The third-order valence-electron chi connectivity index (χ3n) is 3.78. The normalized spacial score (nSPS) is 23.2. The first-order chi connectivity index (χ1) is 8.85. The van der Waals surface area contributed by atoms with Gasteiger partial charge in [-0.2, -0.15) is 0 Å². The van der Waals surface area contributed by atoms with E-state index >= 15 is 0 Å². The van der Waals surface area contributed by atoms with E-state index in [9.17, 15) is 0 Å². The lowest BCUT2D eigenvalue weighted by Crippen LogP contribution is -2.25. The summed E-state index contributed by atoms with van der Waals surface area (Å²) in [5.74, 6) is 2.92. The van der Waals surface area contributed by atoms with E-state index < -0.39 is 0 Å². The Morgan fingerprint density at radius 1 is 1.44 bits per heavy atom. The first-order valence-electron chi connectivity index (χ1n) is 6.59. The third-order valence-corrected chi connectivity index (χ3v) is 4.18. The van der Waals surface area contributed by atoms with Gasteiger partial charge in [-0.25, -0.2) is 4.98 Å². The van der Waals surface area contributed by atoms with Crippen molar-refractivity contribution in [2.75, 3.05) is 19.5 Å². The topological polar surface area (TPSA) is 34.1 Å². The summed E-state index contributed by atoms with van der Waals surface area (Å²) >= 11 is 5.99. The van der Waals surface area contributed by atoms with Crippen molar-refractivity contribution in [1.82, 2.24) is 10.3 Å². The molecule has 1 fully saturated rings. The molecule has 3 nitrogen and oxygen atoms in total. The molecule has 2 unspecified atom stereocenters. The largest absolute Gasteiger partial charge is 0.481 e. The van der Waals surface area contributed by atoms with E-state index in [4.69, 9.17) is 16.3 Å². The van der Waals surface area contributed by atoms with E-state index in [1.807, 2.05) is 12.1 Å². The van der Waals surface area contributed by atoms with Crippen molar-refractivity contribution in [3.63, 3.8) is 0 Å². The molecule has 0 spiro atoms. The first-order valence-corrected chi connectivity index (χ1v) is 7.13. The molecule has 0 saturated heterocycles. The second-order valence-corrected chi connectivity index (χ2v) is 5.22. The lowest BCUT2D eigenvalue weighted by Gasteiger charge is -2.18. The van der Waals surface area contributed by atoms with Crippen LogP contribution in [0.15, 0.2) is 18.3 Å². The number of ether oxygens (including phenoxy) is 1. The summed E-state index contributed by atoms with van der Waals surface area (Å²) in [5, 5.41) is 3.50. The monoisotopic (exact) mass is 268 g/mol. The maximum Gasteiger partial charge on any atom is 0.217 e. The molecule has 18 heavy (non-hydrogen) atoms. The molecule has 1 aromatic rings. The van der Waals surface area contributed by atoms with E-state index in [2.05, 4.69) is 10.3 Å². The number of alkyl halides is 1. The SMILES string of the molecule is COc1ncccc1CNCC1CCCC1CCl. The van der Waals surface area contributed by atoms with Gasteiger partial charge in [-0.1, -0.05) is 12.5 Å². The van der Waals surface area contributed by atoms with Crippen LogP contribution in [-0.4, -0.2) is 24.5 Å². The van der Waals surface area contributed by atoms with Gasteiger partial charge in [0.15, 0.2) is 0 Å². The molecule has 1 aliphatic carbocycles. The molecular formula is C14H21ClN2O. The quantitative estimate of drug-likeness (QED) is 0.806. The number of aromatic nitrogens is 1. The minimum absolute atomic E-state index is 0.690. The molecule has 1 aromatic heterocycles. The maximum atomic E-state index is 5.99. The van der Waals surface area contributed by atoms with Crippen LogP contribution in [0.1, 0.15) is 24.8 Å². The van der Waals surface area contributed by atoms with E-state index in [1.54, 1.807) is 13.3 Å². The Labute approximate surface area is 114 Å². The smallest absolute Gasteiger partial charge is 0.217 e. The Bertz CT molecular complexity index is 373. The lowest BCUT2D eigenvalue weighted by atomic mass is 9.98. The zero-order chi connectivity index (χ0) is 12.8. The first kappa shape index (κ1) is 13.6. The molecule has 2 rings (SSSR count). The van der Waals surface area contributed by atoms with Gasteiger partial charge < -0.3 is 10.1 Å². The summed E-state index contributed by atoms with van der Waals surface area (Å²) in [5.41, 5.74) is 1.11. The summed E-state index contributed by atoms with van der Waals surface area (Å²) < 4.78 is 5.24. The van der Waals surface area contributed by atoms with Crippen LogP contribution in [0.25, 0.3) is 0 Å². The molecular weight excluding hydrogens is 248 g/mol. The summed E-state index contributed by atoms with van der Waals surface area (Å²) in [4.78, 5) is 4.20. The zero-order valence-corrected chi connectivity index (χ0v) is 11.6. The molecule has 0 aliphatic heterocycles. The van der Waals surface area contributed by atoms with Crippen LogP contribution in [0.4, 0.5) is 0 Å². The van der Waals surface area contributed by atoms with Crippen LogP contribution in [0.2, 0.25) is 0 Å². The number of halogens is 1. The molecule has 0 aromatic carbocycles. The summed E-state index contributed by atoms with van der Waals surface area (Å²) in [7, 11) is 1.66. The fourth-order valence-electron chi connectivity index (χ4n) is 2.72. The number of rotatable bonds is 6. The molecule has 1 heterocycles. The number of nitrogens with one attached hydrogen (secondary N) is 1. The molecule has 1 saturated carbocycles. The number of hydrogen-bond donors (Lipinski definition) is 1. The average molecular weight is 269 g/mol. The van der Waals surface area contributed by atoms with Crippen molar-refractivity contribution >= 4 is 11.6 Å². The predicted molar refractivity (Wildman–Crippen MR) is 74.0 cm³/mol. The van der Waals surface area contributed by atoms with Gasteiger partial charge in [0.1, 0.15) is 0 Å². The summed E-state index contributed by atoms with van der Waals surface area (Å²) in [6.45, 7) is 1.85. The highest BCUT2D eigenvalue weighted by Crippen LogP contribution is 2.32.